The van der Waals surface area contributed by atoms with Crippen LogP contribution < -0.4 is 10.4 Å². The van der Waals surface area contributed by atoms with Gasteiger partial charge in [0, 0.05) is 36.5 Å². The Balaban J connectivity index is 1.76. The smallest absolute Gasteiger partial charge is 0.339 e. The molecule has 1 amide bonds. The molecular weight excluding hydrogens is 342 g/mol. The molecule has 0 saturated heterocycles. The van der Waals surface area contributed by atoms with Gasteiger partial charge in [0.25, 0.3) is 0 Å². The normalized spacial score (nSPS) is 19.9. The first-order chi connectivity index (χ1) is 12.9. The molecule has 1 aliphatic carbocycles. The second kappa shape index (κ2) is 8.15. The Morgan fingerprint density at radius 2 is 2.04 bits per heavy atom. The van der Waals surface area contributed by atoms with Crippen molar-refractivity contribution in [2.24, 2.45) is 5.92 Å². The number of ether oxygens (including phenoxy) is 1. The van der Waals surface area contributed by atoms with Crippen LogP contribution in [0.5, 0.6) is 5.75 Å². The van der Waals surface area contributed by atoms with Gasteiger partial charge in [-0.2, -0.15) is 0 Å². The van der Waals surface area contributed by atoms with Gasteiger partial charge in [-0.3, -0.25) is 4.79 Å². The van der Waals surface area contributed by atoms with Gasteiger partial charge in [0.15, 0.2) is 0 Å². The predicted molar refractivity (Wildman–Crippen MR) is 106 cm³/mol. The molecule has 146 valence electrons. The number of carbonyl (C=O) groups excluding carboxylic acids is 1. The van der Waals surface area contributed by atoms with E-state index >= 15 is 0 Å². The molecular formula is C22H29NO4. The highest BCUT2D eigenvalue weighted by atomic mass is 16.5. The standard InChI is InChI=1S/C22H29NO4/c1-14-7-5-6-8-19(14)23(3)21(24)12-11-18-15(2)17-10-9-16(26-4)13-20(17)27-22(18)25/h9-10,13-14,19H,5-8,11-12H2,1-4H3. The molecule has 5 nitrogen and oxygen atoms in total. The number of methoxy groups -OCH3 is 1. The molecule has 3 rings (SSSR count). The van der Waals surface area contributed by atoms with Gasteiger partial charge in [-0.25, -0.2) is 4.79 Å². The lowest BCUT2D eigenvalue weighted by Crippen LogP contribution is -2.42. The van der Waals surface area contributed by atoms with E-state index < -0.39 is 0 Å². The zero-order valence-corrected chi connectivity index (χ0v) is 16.7. The van der Waals surface area contributed by atoms with Crippen molar-refractivity contribution in [3.63, 3.8) is 0 Å². The lowest BCUT2D eigenvalue weighted by atomic mass is 9.85. The summed E-state index contributed by atoms with van der Waals surface area (Å²) in [4.78, 5) is 27.1. The van der Waals surface area contributed by atoms with Crippen molar-refractivity contribution < 1.29 is 13.9 Å². The lowest BCUT2D eigenvalue weighted by molar-refractivity contribution is -0.133. The zero-order valence-electron chi connectivity index (χ0n) is 16.7. The summed E-state index contributed by atoms with van der Waals surface area (Å²) in [6.07, 6.45) is 5.42. The van der Waals surface area contributed by atoms with Crippen molar-refractivity contribution in [2.75, 3.05) is 14.2 Å². The molecule has 2 unspecified atom stereocenters. The number of amides is 1. The van der Waals surface area contributed by atoms with E-state index in [4.69, 9.17) is 9.15 Å². The van der Waals surface area contributed by atoms with E-state index in [1.165, 1.54) is 19.3 Å². The summed E-state index contributed by atoms with van der Waals surface area (Å²) in [6, 6.07) is 5.78. The lowest BCUT2D eigenvalue weighted by Gasteiger charge is -2.36. The molecule has 2 atom stereocenters. The van der Waals surface area contributed by atoms with Gasteiger partial charge >= 0.3 is 5.63 Å². The van der Waals surface area contributed by atoms with Crippen LogP contribution in [0.3, 0.4) is 0 Å². The molecule has 2 aromatic rings. The van der Waals surface area contributed by atoms with Crippen LogP contribution in [0.15, 0.2) is 27.4 Å². The van der Waals surface area contributed by atoms with Crippen molar-refractivity contribution in [2.45, 2.75) is 58.4 Å². The maximum Gasteiger partial charge on any atom is 0.339 e. The summed E-state index contributed by atoms with van der Waals surface area (Å²) in [7, 11) is 3.48. The highest BCUT2D eigenvalue weighted by Gasteiger charge is 2.27. The van der Waals surface area contributed by atoms with Crippen LogP contribution in [-0.2, 0) is 11.2 Å². The Labute approximate surface area is 160 Å². The van der Waals surface area contributed by atoms with Crippen molar-refractivity contribution in [3.8, 4) is 5.75 Å². The van der Waals surface area contributed by atoms with Crippen molar-refractivity contribution in [3.05, 3.63) is 39.7 Å². The molecule has 1 saturated carbocycles. The van der Waals surface area contributed by atoms with E-state index in [0.717, 1.165) is 17.4 Å². The van der Waals surface area contributed by atoms with Crippen LogP contribution in [0.2, 0.25) is 0 Å². The molecule has 1 aliphatic rings. The first-order valence-corrected chi connectivity index (χ1v) is 9.78. The minimum Gasteiger partial charge on any atom is -0.497 e. The average molecular weight is 371 g/mol. The van der Waals surface area contributed by atoms with E-state index in [1.807, 2.05) is 31.0 Å². The van der Waals surface area contributed by atoms with Gasteiger partial charge in [0.2, 0.25) is 5.91 Å². The van der Waals surface area contributed by atoms with Crippen molar-refractivity contribution in [1.82, 2.24) is 4.90 Å². The largest absolute Gasteiger partial charge is 0.497 e. The van der Waals surface area contributed by atoms with Crippen LogP contribution in [0.25, 0.3) is 11.0 Å². The minimum atomic E-state index is -0.366. The fourth-order valence-electron chi connectivity index (χ4n) is 4.26. The van der Waals surface area contributed by atoms with Gasteiger partial charge in [-0.15, -0.1) is 0 Å². The number of hydrogen-bond acceptors (Lipinski definition) is 4. The molecule has 0 aliphatic heterocycles. The van der Waals surface area contributed by atoms with E-state index in [0.29, 0.717) is 41.7 Å². The Kier molecular flexibility index (Phi) is 5.88. The minimum absolute atomic E-state index is 0.0994. The van der Waals surface area contributed by atoms with Crippen molar-refractivity contribution in [1.29, 1.82) is 0 Å². The summed E-state index contributed by atoms with van der Waals surface area (Å²) in [5, 5.41) is 0.882. The van der Waals surface area contributed by atoms with Gasteiger partial charge in [-0.1, -0.05) is 19.8 Å². The first-order valence-electron chi connectivity index (χ1n) is 9.78. The Morgan fingerprint density at radius 1 is 1.30 bits per heavy atom. The summed E-state index contributed by atoms with van der Waals surface area (Å²) in [5.41, 5.74) is 1.62. The van der Waals surface area contributed by atoms with Crippen LogP contribution in [0.1, 0.15) is 50.2 Å². The molecule has 0 N–H and O–H groups in total. The number of rotatable bonds is 5. The van der Waals surface area contributed by atoms with Gasteiger partial charge in [-0.05, 0) is 49.8 Å². The van der Waals surface area contributed by atoms with E-state index in [-0.39, 0.29) is 11.5 Å². The third-order valence-electron chi connectivity index (χ3n) is 6.04. The summed E-state index contributed by atoms with van der Waals surface area (Å²) in [5.74, 6) is 1.29. The van der Waals surface area contributed by atoms with E-state index in [1.54, 1.807) is 13.2 Å². The number of carbonyl (C=O) groups is 1. The van der Waals surface area contributed by atoms with Gasteiger partial charge in [0.1, 0.15) is 11.3 Å². The van der Waals surface area contributed by atoms with Crippen LogP contribution in [0, 0.1) is 12.8 Å². The highest BCUT2D eigenvalue weighted by molar-refractivity contribution is 5.82. The molecule has 1 heterocycles. The molecule has 0 radical (unpaired) electrons. The summed E-state index contributed by atoms with van der Waals surface area (Å²) < 4.78 is 10.7. The molecule has 0 bridgehead atoms. The molecule has 1 aromatic carbocycles. The third-order valence-corrected chi connectivity index (χ3v) is 6.04. The summed E-state index contributed by atoms with van der Waals surface area (Å²) in [6.45, 7) is 4.14. The fraction of sp³-hybridized carbons (Fsp3) is 0.545. The quantitative estimate of drug-likeness (QED) is 0.743. The molecule has 5 heteroatoms. The van der Waals surface area contributed by atoms with Gasteiger partial charge in [0.05, 0.1) is 7.11 Å². The second-order valence-electron chi connectivity index (χ2n) is 7.69. The second-order valence-corrected chi connectivity index (χ2v) is 7.69. The Morgan fingerprint density at radius 3 is 2.74 bits per heavy atom. The molecule has 27 heavy (non-hydrogen) atoms. The maximum atomic E-state index is 12.7. The SMILES string of the molecule is COc1ccc2c(C)c(CCC(=O)N(C)C3CCCCC3C)c(=O)oc2c1. The van der Waals surface area contributed by atoms with Crippen molar-refractivity contribution >= 4 is 16.9 Å². The first kappa shape index (κ1) is 19.5. The molecule has 1 aromatic heterocycles. The molecule has 1 fully saturated rings. The zero-order chi connectivity index (χ0) is 19.6. The average Bonchev–Trinajstić information content (AvgIpc) is 2.66. The monoisotopic (exact) mass is 371 g/mol. The maximum absolute atomic E-state index is 12.7. The van der Waals surface area contributed by atoms with E-state index in [9.17, 15) is 9.59 Å². The van der Waals surface area contributed by atoms with Gasteiger partial charge < -0.3 is 14.1 Å². The van der Waals surface area contributed by atoms with Crippen LogP contribution >= 0.6 is 0 Å². The topological polar surface area (TPSA) is 59.8 Å². The summed E-state index contributed by atoms with van der Waals surface area (Å²) >= 11 is 0. The number of aryl methyl sites for hydroxylation is 1. The third kappa shape index (κ3) is 4.02. The van der Waals surface area contributed by atoms with Crippen LogP contribution in [0.4, 0.5) is 0 Å². The number of fused-ring (bicyclic) bond motifs is 1. The Hall–Kier alpha value is -2.30. The molecule has 0 spiro atoms. The Bertz CT molecular complexity index is 886. The number of nitrogens with zero attached hydrogens (tertiary/aromatic N) is 1. The van der Waals surface area contributed by atoms with Crippen LogP contribution in [-0.4, -0.2) is 31.0 Å². The highest BCUT2D eigenvalue weighted by Crippen LogP contribution is 2.28. The fourth-order valence-corrected chi connectivity index (χ4v) is 4.26. The number of benzene rings is 1. The number of hydrogen-bond donors (Lipinski definition) is 0. The predicted octanol–water partition coefficient (Wildman–Crippen LogP) is 4.08. The van der Waals surface area contributed by atoms with E-state index in [2.05, 4.69) is 6.92 Å².